The van der Waals surface area contributed by atoms with Gasteiger partial charge in [-0.25, -0.2) is 4.98 Å². The lowest BCUT2D eigenvalue weighted by molar-refractivity contribution is 0.301. The highest BCUT2D eigenvalue weighted by Crippen LogP contribution is 2.27. The van der Waals surface area contributed by atoms with Gasteiger partial charge in [-0.2, -0.15) is 4.98 Å². The number of likely N-dealkylation sites (tertiary alicyclic amines) is 1. The molecule has 5 nitrogen and oxygen atoms in total. The average Bonchev–Trinajstić information content (AvgIpc) is 3.07. The molecule has 25 heavy (non-hydrogen) atoms. The number of piperidine rings is 1. The molecule has 2 aliphatic rings. The van der Waals surface area contributed by atoms with Crippen molar-refractivity contribution in [2.24, 2.45) is 0 Å². The summed E-state index contributed by atoms with van der Waals surface area (Å²) in [7, 11) is 2.23. The van der Waals surface area contributed by atoms with Crippen molar-refractivity contribution in [3.05, 3.63) is 24.3 Å². The first-order valence-electron chi connectivity index (χ1n) is 9.77. The molecule has 3 heterocycles. The van der Waals surface area contributed by atoms with Crippen LogP contribution in [0.1, 0.15) is 38.5 Å². The molecule has 2 aliphatic heterocycles. The fourth-order valence-corrected chi connectivity index (χ4v) is 4.18. The van der Waals surface area contributed by atoms with Gasteiger partial charge in [0.1, 0.15) is 5.82 Å². The third-order valence-electron chi connectivity index (χ3n) is 5.67. The van der Waals surface area contributed by atoms with E-state index < -0.39 is 0 Å². The summed E-state index contributed by atoms with van der Waals surface area (Å²) >= 11 is 0. The second kappa shape index (κ2) is 7.56. The fraction of sp³-hybridized carbons (Fsp3) is 0.600. The highest BCUT2D eigenvalue weighted by molar-refractivity contribution is 5.90. The molecule has 1 unspecified atom stereocenters. The van der Waals surface area contributed by atoms with E-state index in [1.54, 1.807) is 0 Å². The highest BCUT2D eigenvalue weighted by Gasteiger charge is 2.20. The van der Waals surface area contributed by atoms with Gasteiger partial charge in [0.25, 0.3) is 0 Å². The molecule has 0 aliphatic carbocycles. The Bertz CT molecular complexity index is 710. The zero-order chi connectivity index (χ0) is 17.1. The van der Waals surface area contributed by atoms with Crippen LogP contribution in [-0.2, 0) is 0 Å². The van der Waals surface area contributed by atoms with E-state index in [0.29, 0.717) is 6.04 Å². The van der Waals surface area contributed by atoms with Gasteiger partial charge in [-0.05, 0) is 64.3 Å². The molecule has 2 saturated heterocycles. The number of hydrogen-bond acceptors (Lipinski definition) is 5. The molecule has 1 aromatic heterocycles. The number of anilines is 2. The minimum atomic E-state index is 0.703. The van der Waals surface area contributed by atoms with Crippen molar-refractivity contribution in [2.75, 3.05) is 43.4 Å². The van der Waals surface area contributed by atoms with Crippen LogP contribution in [0, 0.1) is 0 Å². The van der Waals surface area contributed by atoms with Crippen molar-refractivity contribution in [1.82, 2.24) is 14.9 Å². The largest absolute Gasteiger partial charge is 0.356 e. The molecule has 5 heteroatoms. The Morgan fingerprint density at radius 3 is 2.68 bits per heavy atom. The molecule has 4 rings (SSSR count). The third kappa shape index (κ3) is 3.71. The SMILES string of the molecule is CN1CCCC1CCNc1nc(N2CCCCC2)c2ccccc2n1. The first-order chi connectivity index (χ1) is 12.3. The summed E-state index contributed by atoms with van der Waals surface area (Å²) in [5.74, 6) is 1.88. The van der Waals surface area contributed by atoms with Gasteiger partial charge in [-0.3, -0.25) is 0 Å². The Kier molecular flexibility index (Phi) is 5.02. The smallest absolute Gasteiger partial charge is 0.225 e. The van der Waals surface area contributed by atoms with Crippen molar-refractivity contribution in [3.63, 3.8) is 0 Å². The lowest BCUT2D eigenvalue weighted by atomic mass is 10.1. The van der Waals surface area contributed by atoms with E-state index in [-0.39, 0.29) is 0 Å². The first-order valence-corrected chi connectivity index (χ1v) is 9.77. The van der Waals surface area contributed by atoms with Crippen LogP contribution >= 0.6 is 0 Å². The van der Waals surface area contributed by atoms with Crippen LogP contribution in [0.15, 0.2) is 24.3 Å². The number of aromatic nitrogens is 2. The van der Waals surface area contributed by atoms with Crippen LogP contribution in [0.5, 0.6) is 0 Å². The Balaban J connectivity index is 1.52. The van der Waals surface area contributed by atoms with Crippen LogP contribution < -0.4 is 10.2 Å². The number of fused-ring (bicyclic) bond motifs is 1. The molecule has 0 spiro atoms. The predicted molar refractivity (Wildman–Crippen MR) is 104 cm³/mol. The van der Waals surface area contributed by atoms with Gasteiger partial charge in [-0.1, -0.05) is 12.1 Å². The second-order valence-corrected chi connectivity index (χ2v) is 7.43. The van der Waals surface area contributed by atoms with E-state index >= 15 is 0 Å². The second-order valence-electron chi connectivity index (χ2n) is 7.43. The summed E-state index contributed by atoms with van der Waals surface area (Å²) in [6, 6.07) is 9.10. The molecule has 1 N–H and O–H groups in total. The Hall–Kier alpha value is -1.88. The summed E-state index contributed by atoms with van der Waals surface area (Å²) in [5.41, 5.74) is 1.04. The Labute approximate surface area is 150 Å². The third-order valence-corrected chi connectivity index (χ3v) is 5.67. The standard InChI is InChI=1S/C20H29N5/c1-24-13-7-8-16(24)11-12-21-20-22-18-10-4-3-9-17(18)19(23-20)25-14-5-2-6-15-25/h3-4,9-10,16H,2,5-8,11-15H2,1H3,(H,21,22,23). The monoisotopic (exact) mass is 339 g/mol. The molecule has 2 aromatic rings. The zero-order valence-electron chi connectivity index (χ0n) is 15.2. The molecule has 0 amide bonds. The van der Waals surface area contributed by atoms with Gasteiger partial charge in [0, 0.05) is 31.1 Å². The van der Waals surface area contributed by atoms with Crippen molar-refractivity contribution in [3.8, 4) is 0 Å². The molecule has 1 aromatic carbocycles. The highest BCUT2D eigenvalue weighted by atomic mass is 15.2. The zero-order valence-corrected chi connectivity index (χ0v) is 15.2. The van der Waals surface area contributed by atoms with Gasteiger partial charge in [-0.15, -0.1) is 0 Å². The van der Waals surface area contributed by atoms with Crippen molar-refractivity contribution in [2.45, 2.75) is 44.6 Å². The van der Waals surface area contributed by atoms with E-state index in [1.165, 1.54) is 44.0 Å². The molecule has 1 atom stereocenters. The molecule has 0 saturated carbocycles. The summed E-state index contributed by atoms with van der Waals surface area (Å²) < 4.78 is 0. The Morgan fingerprint density at radius 2 is 1.88 bits per heavy atom. The van der Waals surface area contributed by atoms with Gasteiger partial charge >= 0.3 is 0 Å². The van der Waals surface area contributed by atoms with Crippen LogP contribution in [0.25, 0.3) is 10.9 Å². The molecule has 2 fully saturated rings. The maximum Gasteiger partial charge on any atom is 0.225 e. The maximum absolute atomic E-state index is 4.90. The molecule has 0 radical (unpaired) electrons. The van der Waals surface area contributed by atoms with Crippen LogP contribution in [0.3, 0.4) is 0 Å². The summed E-state index contributed by atoms with van der Waals surface area (Å²) in [5, 5.41) is 4.66. The lowest BCUT2D eigenvalue weighted by Crippen LogP contribution is -2.31. The van der Waals surface area contributed by atoms with Crippen molar-refractivity contribution < 1.29 is 0 Å². The van der Waals surface area contributed by atoms with Crippen LogP contribution in [-0.4, -0.2) is 54.1 Å². The van der Waals surface area contributed by atoms with Gasteiger partial charge in [0.2, 0.25) is 5.95 Å². The van der Waals surface area contributed by atoms with Gasteiger partial charge in [0.05, 0.1) is 5.52 Å². The topological polar surface area (TPSA) is 44.3 Å². The first kappa shape index (κ1) is 16.6. The molecular weight excluding hydrogens is 310 g/mol. The van der Waals surface area contributed by atoms with E-state index in [4.69, 9.17) is 9.97 Å². The lowest BCUT2D eigenvalue weighted by Gasteiger charge is -2.29. The van der Waals surface area contributed by atoms with Crippen LogP contribution in [0.4, 0.5) is 11.8 Å². The number of rotatable bonds is 5. The van der Waals surface area contributed by atoms with E-state index in [2.05, 4.69) is 46.4 Å². The number of hydrogen-bond donors (Lipinski definition) is 1. The fourth-order valence-electron chi connectivity index (χ4n) is 4.18. The molecular formula is C20H29N5. The quantitative estimate of drug-likeness (QED) is 0.903. The minimum Gasteiger partial charge on any atom is -0.356 e. The maximum atomic E-state index is 4.90. The number of para-hydroxylation sites is 1. The van der Waals surface area contributed by atoms with Gasteiger partial charge in [0.15, 0.2) is 0 Å². The van der Waals surface area contributed by atoms with Crippen LogP contribution in [0.2, 0.25) is 0 Å². The van der Waals surface area contributed by atoms with E-state index in [0.717, 1.165) is 43.3 Å². The van der Waals surface area contributed by atoms with E-state index in [9.17, 15) is 0 Å². The minimum absolute atomic E-state index is 0.703. The normalized spacial score (nSPS) is 21.8. The number of nitrogens with one attached hydrogen (secondary N) is 1. The van der Waals surface area contributed by atoms with Crippen molar-refractivity contribution in [1.29, 1.82) is 0 Å². The average molecular weight is 339 g/mol. The number of nitrogens with zero attached hydrogens (tertiary/aromatic N) is 4. The summed E-state index contributed by atoms with van der Waals surface area (Å²) in [4.78, 5) is 14.6. The van der Waals surface area contributed by atoms with Gasteiger partial charge < -0.3 is 15.1 Å². The number of benzene rings is 1. The summed E-state index contributed by atoms with van der Waals surface area (Å²) in [6.07, 6.45) is 7.65. The van der Waals surface area contributed by atoms with E-state index in [1.807, 2.05) is 0 Å². The predicted octanol–water partition coefficient (Wildman–Crippen LogP) is 3.52. The molecule has 0 bridgehead atoms. The van der Waals surface area contributed by atoms with Crippen molar-refractivity contribution >= 4 is 22.7 Å². The molecule has 134 valence electrons. The Morgan fingerprint density at radius 1 is 1.04 bits per heavy atom. The summed E-state index contributed by atoms with van der Waals surface area (Å²) in [6.45, 7) is 4.38.